The lowest BCUT2D eigenvalue weighted by Crippen LogP contribution is -2.50. The van der Waals surface area contributed by atoms with Crippen LogP contribution in [0.5, 0.6) is 0 Å². The monoisotopic (exact) mass is 316 g/mol. The van der Waals surface area contributed by atoms with Gasteiger partial charge in [0.05, 0.1) is 5.25 Å². The number of nitrogens with zero attached hydrogens (tertiary/aromatic N) is 2. The molecule has 0 amide bonds. The molecular weight excluding hydrogens is 296 g/mol. The van der Waals surface area contributed by atoms with Crippen LogP contribution in [0.15, 0.2) is 17.5 Å². The first-order valence-corrected chi connectivity index (χ1v) is 9.38. The molecule has 0 radical (unpaired) electrons. The predicted octanol–water partition coefficient (Wildman–Crippen LogP) is 0.891. The average Bonchev–Trinajstić information content (AvgIpc) is 3.16. The Morgan fingerprint density at radius 1 is 1.30 bits per heavy atom. The Balaban J connectivity index is 1.51. The van der Waals surface area contributed by atoms with Gasteiger partial charge in [-0.05, 0) is 24.3 Å². The van der Waals surface area contributed by atoms with E-state index in [-0.39, 0.29) is 5.25 Å². The first-order chi connectivity index (χ1) is 9.57. The Morgan fingerprint density at radius 2 is 2.00 bits per heavy atom. The Morgan fingerprint density at radius 3 is 2.55 bits per heavy atom. The maximum atomic E-state index is 12.1. The zero-order valence-electron chi connectivity index (χ0n) is 11.3. The first kappa shape index (κ1) is 14.5. The number of rotatable bonds is 5. The fraction of sp³-hybridized carbons (Fsp3) is 0.692. The van der Waals surface area contributed by atoms with Crippen LogP contribution in [0, 0.1) is 0 Å². The minimum Gasteiger partial charge on any atom is -0.386 e. The summed E-state index contributed by atoms with van der Waals surface area (Å²) in [6.45, 7) is 3.09. The second kappa shape index (κ2) is 5.73. The van der Waals surface area contributed by atoms with Crippen molar-refractivity contribution in [2.24, 2.45) is 0 Å². The highest BCUT2D eigenvalue weighted by Gasteiger charge is 2.41. The Hall–Kier alpha value is -0.470. The van der Waals surface area contributed by atoms with Gasteiger partial charge in [-0.2, -0.15) is 4.31 Å². The van der Waals surface area contributed by atoms with Crippen molar-refractivity contribution in [2.45, 2.75) is 24.2 Å². The van der Waals surface area contributed by atoms with Crippen LogP contribution in [0.2, 0.25) is 0 Å². The molecule has 1 aromatic rings. The van der Waals surface area contributed by atoms with E-state index < -0.39 is 16.1 Å². The molecular formula is C13H20N2O3S2. The van der Waals surface area contributed by atoms with Crippen LogP contribution in [-0.4, -0.2) is 60.7 Å². The van der Waals surface area contributed by atoms with Gasteiger partial charge in [0.2, 0.25) is 10.0 Å². The third-order valence-corrected chi connectivity index (χ3v) is 7.31. The van der Waals surface area contributed by atoms with Crippen LogP contribution < -0.4 is 0 Å². The Labute approximate surface area is 123 Å². The molecule has 1 atom stereocenters. The second-order valence-corrected chi connectivity index (χ2v) is 8.67. The molecule has 0 bridgehead atoms. The number of thiophene rings is 1. The lowest BCUT2D eigenvalue weighted by atomic mass is 10.2. The third-order valence-electron chi connectivity index (χ3n) is 3.94. The fourth-order valence-corrected chi connectivity index (χ4v) is 5.09. The highest BCUT2D eigenvalue weighted by atomic mass is 32.2. The van der Waals surface area contributed by atoms with E-state index in [2.05, 4.69) is 4.90 Å². The zero-order chi connectivity index (χ0) is 14.2. The summed E-state index contributed by atoms with van der Waals surface area (Å²) in [7, 11) is -3.04. The number of sulfonamides is 1. The van der Waals surface area contributed by atoms with E-state index in [1.54, 1.807) is 15.6 Å². The Bertz CT molecular complexity index is 532. The Kier molecular flexibility index (Phi) is 4.14. The molecule has 1 aliphatic heterocycles. The topological polar surface area (TPSA) is 60.9 Å². The van der Waals surface area contributed by atoms with Crippen molar-refractivity contribution in [1.29, 1.82) is 0 Å². The highest BCUT2D eigenvalue weighted by molar-refractivity contribution is 7.90. The molecule has 112 valence electrons. The van der Waals surface area contributed by atoms with Gasteiger partial charge in [0.25, 0.3) is 0 Å². The molecule has 0 spiro atoms. The molecule has 0 unspecified atom stereocenters. The van der Waals surface area contributed by atoms with Crippen molar-refractivity contribution in [2.75, 3.05) is 32.7 Å². The molecule has 3 rings (SSSR count). The maximum absolute atomic E-state index is 12.1. The number of aliphatic hydroxyl groups is 1. The summed E-state index contributed by atoms with van der Waals surface area (Å²) < 4.78 is 25.9. The van der Waals surface area contributed by atoms with E-state index in [9.17, 15) is 13.5 Å². The summed E-state index contributed by atoms with van der Waals surface area (Å²) in [6, 6.07) is 3.87. The SMILES string of the molecule is O=S(=O)(C1CC1)N1CCN(C[C@@H](O)c2cccs2)CC1. The van der Waals surface area contributed by atoms with Crippen LogP contribution in [0.1, 0.15) is 23.8 Å². The van der Waals surface area contributed by atoms with Gasteiger partial charge < -0.3 is 5.11 Å². The standard InChI is InChI=1S/C13H20N2O3S2/c16-12(13-2-1-9-19-13)10-14-5-7-15(8-6-14)20(17,18)11-3-4-11/h1-2,9,11-12,16H,3-8,10H2/t12-/m1/s1. The molecule has 2 aliphatic rings. The molecule has 7 heteroatoms. The van der Waals surface area contributed by atoms with Gasteiger partial charge in [0.15, 0.2) is 0 Å². The van der Waals surface area contributed by atoms with E-state index >= 15 is 0 Å². The van der Waals surface area contributed by atoms with Gasteiger partial charge in [0.1, 0.15) is 6.10 Å². The molecule has 1 N–H and O–H groups in total. The molecule has 5 nitrogen and oxygen atoms in total. The highest BCUT2D eigenvalue weighted by Crippen LogP contribution is 2.31. The van der Waals surface area contributed by atoms with Crippen LogP contribution in [0.3, 0.4) is 0 Å². The third kappa shape index (κ3) is 3.07. The van der Waals surface area contributed by atoms with Crippen molar-refractivity contribution in [3.8, 4) is 0 Å². The van der Waals surface area contributed by atoms with Gasteiger partial charge in [-0.25, -0.2) is 8.42 Å². The first-order valence-electron chi connectivity index (χ1n) is 7.00. The summed E-state index contributed by atoms with van der Waals surface area (Å²) in [5, 5.41) is 12.0. The molecule has 0 aromatic carbocycles. The van der Waals surface area contributed by atoms with E-state index in [1.165, 1.54) is 0 Å². The minimum atomic E-state index is -3.04. The van der Waals surface area contributed by atoms with Crippen LogP contribution in [-0.2, 0) is 10.0 Å². The van der Waals surface area contributed by atoms with Crippen molar-refractivity contribution in [1.82, 2.24) is 9.21 Å². The van der Waals surface area contributed by atoms with E-state index in [0.29, 0.717) is 32.7 Å². The molecule has 1 saturated carbocycles. The summed E-state index contributed by atoms with van der Waals surface area (Å²) in [5.41, 5.74) is 0. The van der Waals surface area contributed by atoms with Crippen molar-refractivity contribution < 1.29 is 13.5 Å². The molecule has 2 heterocycles. The number of β-amino-alcohol motifs (C(OH)–C–C–N with tert-alkyl or cyclic N) is 1. The zero-order valence-corrected chi connectivity index (χ0v) is 12.9. The summed E-state index contributed by atoms with van der Waals surface area (Å²) >= 11 is 1.55. The van der Waals surface area contributed by atoms with E-state index in [1.807, 2.05) is 17.5 Å². The van der Waals surface area contributed by atoms with Gasteiger partial charge in [-0.3, -0.25) is 4.90 Å². The second-order valence-electron chi connectivity index (χ2n) is 5.48. The van der Waals surface area contributed by atoms with Crippen molar-refractivity contribution >= 4 is 21.4 Å². The predicted molar refractivity (Wildman–Crippen MR) is 79.2 cm³/mol. The molecule has 2 fully saturated rings. The van der Waals surface area contributed by atoms with Crippen molar-refractivity contribution in [3.63, 3.8) is 0 Å². The van der Waals surface area contributed by atoms with Gasteiger partial charge >= 0.3 is 0 Å². The minimum absolute atomic E-state index is 0.120. The fourth-order valence-electron chi connectivity index (χ4n) is 2.56. The smallest absolute Gasteiger partial charge is 0.217 e. The number of aliphatic hydroxyl groups excluding tert-OH is 1. The average molecular weight is 316 g/mol. The molecule has 20 heavy (non-hydrogen) atoms. The lowest BCUT2D eigenvalue weighted by Gasteiger charge is -2.34. The normalized spacial score (nSPS) is 23.9. The number of piperazine rings is 1. The van der Waals surface area contributed by atoms with Crippen LogP contribution in [0.25, 0.3) is 0 Å². The van der Waals surface area contributed by atoms with Crippen molar-refractivity contribution in [3.05, 3.63) is 22.4 Å². The largest absolute Gasteiger partial charge is 0.386 e. The molecule has 1 aromatic heterocycles. The number of hydrogen-bond acceptors (Lipinski definition) is 5. The van der Waals surface area contributed by atoms with Gasteiger partial charge in [-0.15, -0.1) is 11.3 Å². The van der Waals surface area contributed by atoms with E-state index in [0.717, 1.165) is 17.7 Å². The quantitative estimate of drug-likeness (QED) is 0.876. The van der Waals surface area contributed by atoms with E-state index in [4.69, 9.17) is 0 Å². The van der Waals surface area contributed by atoms with Gasteiger partial charge in [0, 0.05) is 37.6 Å². The molecule has 1 saturated heterocycles. The van der Waals surface area contributed by atoms with Gasteiger partial charge in [-0.1, -0.05) is 6.07 Å². The number of hydrogen-bond donors (Lipinski definition) is 1. The lowest BCUT2D eigenvalue weighted by molar-refractivity contribution is 0.0942. The summed E-state index contributed by atoms with van der Waals surface area (Å²) in [5.74, 6) is 0. The van der Waals surface area contributed by atoms with Crippen LogP contribution >= 0.6 is 11.3 Å². The summed E-state index contributed by atoms with van der Waals surface area (Å²) in [4.78, 5) is 3.11. The maximum Gasteiger partial charge on any atom is 0.217 e. The van der Waals surface area contributed by atoms with Crippen LogP contribution in [0.4, 0.5) is 0 Å². The summed E-state index contributed by atoms with van der Waals surface area (Å²) in [6.07, 6.45) is 1.17. The molecule has 1 aliphatic carbocycles.